The molecule has 104 valence electrons. The maximum Gasteiger partial charge on any atom is 0.333 e. The predicted octanol–water partition coefficient (Wildman–Crippen LogP) is 2.27. The molecule has 0 spiro atoms. The number of nitrogens with one attached hydrogen (secondary N) is 1. The summed E-state index contributed by atoms with van der Waals surface area (Å²) >= 11 is 0. The number of nitro benzene ring substituents is 1. The second-order valence-corrected chi connectivity index (χ2v) is 4.28. The lowest BCUT2D eigenvalue weighted by atomic mass is 10.2. The Morgan fingerprint density at radius 2 is 2.05 bits per heavy atom. The van der Waals surface area contributed by atoms with E-state index in [4.69, 9.17) is 9.84 Å². The smallest absolute Gasteiger partial charge is 0.333 e. The van der Waals surface area contributed by atoms with Crippen LogP contribution in [0.5, 0.6) is 5.75 Å². The molecule has 0 radical (unpaired) electrons. The van der Waals surface area contributed by atoms with Gasteiger partial charge in [-0.2, -0.15) is 0 Å². The molecule has 1 unspecified atom stereocenters. The summed E-state index contributed by atoms with van der Waals surface area (Å²) in [5, 5.41) is 22.5. The fraction of sp³-hybridized carbons (Fsp3) is 0.417. The van der Waals surface area contributed by atoms with E-state index >= 15 is 0 Å². The first-order chi connectivity index (χ1) is 8.82. The second kappa shape index (κ2) is 6.03. The minimum atomic E-state index is -1.09. The van der Waals surface area contributed by atoms with Gasteiger partial charge >= 0.3 is 11.7 Å². The first kappa shape index (κ1) is 14.7. The average molecular weight is 268 g/mol. The van der Waals surface area contributed by atoms with Crippen LogP contribution in [-0.2, 0) is 4.79 Å². The molecule has 19 heavy (non-hydrogen) atoms. The highest BCUT2D eigenvalue weighted by Crippen LogP contribution is 2.35. The van der Waals surface area contributed by atoms with Gasteiger partial charge in [0.1, 0.15) is 11.7 Å². The molecule has 0 bridgehead atoms. The van der Waals surface area contributed by atoms with Gasteiger partial charge < -0.3 is 15.2 Å². The van der Waals surface area contributed by atoms with Crippen LogP contribution in [0, 0.1) is 10.1 Å². The molecule has 0 heterocycles. The maximum atomic E-state index is 11.1. The molecule has 0 amide bonds. The van der Waals surface area contributed by atoms with Gasteiger partial charge in [0, 0.05) is 0 Å². The number of hydrogen-bond acceptors (Lipinski definition) is 5. The summed E-state index contributed by atoms with van der Waals surface area (Å²) in [6.07, 6.45) is -0.217. The van der Waals surface area contributed by atoms with Crippen LogP contribution in [0.2, 0.25) is 0 Å². The molecule has 7 nitrogen and oxygen atoms in total. The van der Waals surface area contributed by atoms with Crippen molar-refractivity contribution in [1.29, 1.82) is 0 Å². The van der Waals surface area contributed by atoms with Gasteiger partial charge in [0.25, 0.3) is 0 Å². The third-order valence-electron chi connectivity index (χ3n) is 2.29. The quantitative estimate of drug-likeness (QED) is 0.606. The van der Waals surface area contributed by atoms with E-state index in [1.54, 1.807) is 19.9 Å². The zero-order valence-electron chi connectivity index (χ0n) is 10.9. The minimum absolute atomic E-state index is 0.114. The Morgan fingerprint density at radius 3 is 2.53 bits per heavy atom. The van der Waals surface area contributed by atoms with Crippen molar-refractivity contribution in [2.45, 2.75) is 32.9 Å². The molecule has 1 aromatic carbocycles. The summed E-state index contributed by atoms with van der Waals surface area (Å²) in [6.45, 7) is 4.91. The number of carbonyl (C=O) groups is 1. The third-order valence-corrected chi connectivity index (χ3v) is 2.29. The maximum absolute atomic E-state index is 11.1. The van der Waals surface area contributed by atoms with E-state index < -0.39 is 16.9 Å². The third kappa shape index (κ3) is 3.84. The molecular weight excluding hydrogens is 252 g/mol. The summed E-state index contributed by atoms with van der Waals surface area (Å²) in [5.74, 6) is -0.980. The van der Waals surface area contributed by atoms with Crippen molar-refractivity contribution >= 4 is 17.3 Å². The number of carboxylic acid groups (broad SMARTS) is 1. The van der Waals surface area contributed by atoms with E-state index in [-0.39, 0.29) is 23.2 Å². The van der Waals surface area contributed by atoms with Crippen molar-refractivity contribution in [3.63, 3.8) is 0 Å². The van der Waals surface area contributed by atoms with Crippen molar-refractivity contribution < 1.29 is 19.6 Å². The number of benzene rings is 1. The molecular formula is C12H16N2O5. The summed E-state index contributed by atoms with van der Waals surface area (Å²) in [4.78, 5) is 21.3. The Balaban J connectivity index is 3.16. The Hall–Kier alpha value is -2.31. The van der Waals surface area contributed by atoms with Gasteiger partial charge in [-0.15, -0.1) is 0 Å². The van der Waals surface area contributed by atoms with Crippen LogP contribution in [0.25, 0.3) is 0 Å². The number of carboxylic acids is 1. The average Bonchev–Trinajstić information content (AvgIpc) is 2.27. The molecule has 0 aliphatic heterocycles. The summed E-state index contributed by atoms with van der Waals surface area (Å²) in [7, 11) is 0. The van der Waals surface area contributed by atoms with Crippen molar-refractivity contribution in [3.8, 4) is 5.75 Å². The first-order valence-electron chi connectivity index (χ1n) is 5.76. The van der Waals surface area contributed by atoms with Crippen molar-refractivity contribution in [2.75, 3.05) is 5.32 Å². The monoisotopic (exact) mass is 268 g/mol. The molecule has 0 aliphatic carbocycles. The van der Waals surface area contributed by atoms with E-state index in [2.05, 4.69) is 5.32 Å². The number of para-hydroxylation sites is 1. The van der Waals surface area contributed by atoms with E-state index in [0.29, 0.717) is 0 Å². The van der Waals surface area contributed by atoms with Crippen LogP contribution in [0.3, 0.4) is 0 Å². The lowest BCUT2D eigenvalue weighted by molar-refractivity contribution is -0.385. The molecule has 2 N–H and O–H groups in total. The van der Waals surface area contributed by atoms with Crippen molar-refractivity contribution in [2.24, 2.45) is 0 Å². The van der Waals surface area contributed by atoms with E-state index in [1.165, 1.54) is 19.1 Å². The number of aliphatic carboxylic acids is 1. The van der Waals surface area contributed by atoms with Gasteiger partial charge in [0.2, 0.25) is 0 Å². The van der Waals surface area contributed by atoms with Gasteiger partial charge in [-0.1, -0.05) is 6.07 Å². The van der Waals surface area contributed by atoms with Gasteiger partial charge in [-0.25, -0.2) is 0 Å². The standard InChI is InChI=1S/C12H16N2O5/c1-7(2)19-10-6-4-5-9(11(10)14(17)18)13-8(3)12(15)16/h4-8,13H,1-3H3,(H,15,16). The topological polar surface area (TPSA) is 102 Å². The second-order valence-electron chi connectivity index (χ2n) is 4.28. The van der Waals surface area contributed by atoms with E-state index in [0.717, 1.165) is 0 Å². The number of hydrogen-bond donors (Lipinski definition) is 2. The van der Waals surface area contributed by atoms with Gasteiger partial charge in [-0.05, 0) is 32.9 Å². The Kier molecular flexibility index (Phi) is 4.68. The molecule has 1 rings (SSSR count). The molecule has 0 saturated heterocycles. The van der Waals surface area contributed by atoms with Crippen LogP contribution < -0.4 is 10.1 Å². The molecule has 0 aromatic heterocycles. The highest BCUT2D eigenvalue weighted by atomic mass is 16.6. The lowest BCUT2D eigenvalue weighted by Gasteiger charge is -2.14. The van der Waals surface area contributed by atoms with Crippen LogP contribution in [-0.4, -0.2) is 28.1 Å². The number of rotatable bonds is 6. The number of anilines is 1. The molecule has 0 saturated carbocycles. The number of nitrogens with zero attached hydrogens (tertiary/aromatic N) is 1. The Morgan fingerprint density at radius 1 is 1.42 bits per heavy atom. The van der Waals surface area contributed by atoms with Crippen molar-refractivity contribution in [3.05, 3.63) is 28.3 Å². The van der Waals surface area contributed by atoms with Gasteiger partial charge in [-0.3, -0.25) is 14.9 Å². The predicted molar refractivity (Wildman–Crippen MR) is 69.6 cm³/mol. The van der Waals surface area contributed by atoms with Crippen LogP contribution in [0.4, 0.5) is 11.4 Å². The molecule has 0 aliphatic rings. The lowest BCUT2D eigenvalue weighted by Crippen LogP contribution is -2.25. The zero-order chi connectivity index (χ0) is 14.6. The van der Waals surface area contributed by atoms with Crippen LogP contribution in [0.15, 0.2) is 18.2 Å². The molecule has 1 atom stereocenters. The minimum Gasteiger partial charge on any atom is -0.484 e. The number of nitro groups is 1. The zero-order valence-corrected chi connectivity index (χ0v) is 10.9. The highest BCUT2D eigenvalue weighted by molar-refractivity contribution is 5.79. The molecule has 7 heteroatoms. The van der Waals surface area contributed by atoms with Crippen LogP contribution in [0.1, 0.15) is 20.8 Å². The largest absolute Gasteiger partial charge is 0.484 e. The summed E-state index contributed by atoms with van der Waals surface area (Å²) < 4.78 is 5.36. The van der Waals surface area contributed by atoms with Gasteiger partial charge in [0.05, 0.1) is 11.0 Å². The SMILES string of the molecule is CC(C)Oc1cccc(NC(C)C(=O)O)c1[N+](=O)[O-]. The fourth-order valence-electron chi connectivity index (χ4n) is 1.47. The Labute approximate surface area is 110 Å². The normalized spacial score (nSPS) is 12.0. The van der Waals surface area contributed by atoms with E-state index in [9.17, 15) is 14.9 Å². The number of ether oxygens (including phenoxy) is 1. The van der Waals surface area contributed by atoms with Crippen LogP contribution >= 0.6 is 0 Å². The first-order valence-corrected chi connectivity index (χ1v) is 5.76. The molecule has 1 aromatic rings. The van der Waals surface area contributed by atoms with Crippen molar-refractivity contribution in [1.82, 2.24) is 0 Å². The summed E-state index contributed by atoms with van der Waals surface area (Å²) in [5.41, 5.74) is -0.137. The summed E-state index contributed by atoms with van der Waals surface area (Å²) in [6, 6.07) is 3.56. The highest BCUT2D eigenvalue weighted by Gasteiger charge is 2.24. The fourth-order valence-corrected chi connectivity index (χ4v) is 1.47. The van der Waals surface area contributed by atoms with Gasteiger partial charge in [0.15, 0.2) is 5.75 Å². The molecule has 0 fully saturated rings. The van der Waals surface area contributed by atoms with E-state index in [1.807, 2.05) is 0 Å². The Bertz CT molecular complexity index is 487.